The second kappa shape index (κ2) is 5.32. The monoisotopic (exact) mass is 259 g/mol. The fraction of sp³-hybridized carbons (Fsp3) is 0.538. The molecule has 94 valence electrons. The fourth-order valence-corrected chi connectivity index (χ4v) is 2.77. The number of alkyl halides is 1. The van der Waals surface area contributed by atoms with E-state index in [4.69, 9.17) is 11.6 Å². The van der Waals surface area contributed by atoms with Crippen LogP contribution in [0.4, 0.5) is 8.78 Å². The lowest BCUT2D eigenvalue weighted by atomic mass is 9.84. The van der Waals surface area contributed by atoms with Gasteiger partial charge in [0.05, 0.1) is 0 Å². The molecule has 1 nitrogen and oxygen atoms in total. The molecular formula is C13H16ClF2N. The fourth-order valence-electron chi connectivity index (χ4n) is 2.26. The molecule has 1 aliphatic rings. The molecule has 0 heterocycles. The van der Waals surface area contributed by atoms with Crippen molar-refractivity contribution in [2.75, 3.05) is 13.6 Å². The highest BCUT2D eigenvalue weighted by Crippen LogP contribution is 2.32. The van der Waals surface area contributed by atoms with E-state index in [9.17, 15) is 8.78 Å². The average Bonchev–Trinajstić information content (AvgIpc) is 2.21. The molecule has 0 N–H and O–H groups in total. The first-order valence-corrected chi connectivity index (χ1v) is 6.25. The maximum atomic E-state index is 13.4. The van der Waals surface area contributed by atoms with Crippen molar-refractivity contribution in [1.82, 2.24) is 4.90 Å². The SMILES string of the molecule is CN(Cc1cc(F)ccc1F)CC1CC(Cl)C1. The lowest BCUT2D eigenvalue weighted by molar-refractivity contribution is 0.202. The summed E-state index contributed by atoms with van der Waals surface area (Å²) in [6.07, 6.45) is 2.05. The van der Waals surface area contributed by atoms with Gasteiger partial charge in [-0.25, -0.2) is 8.78 Å². The average molecular weight is 260 g/mol. The number of nitrogens with zero attached hydrogens (tertiary/aromatic N) is 1. The minimum atomic E-state index is -0.390. The van der Waals surface area contributed by atoms with Crippen LogP contribution in [0.3, 0.4) is 0 Å². The second-order valence-electron chi connectivity index (χ2n) is 4.87. The molecule has 0 bridgehead atoms. The van der Waals surface area contributed by atoms with E-state index in [-0.39, 0.29) is 11.6 Å². The zero-order valence-corrected chi connectivity index (χ0v) is 10.6. The maximum absolute atomic E-state index is 13.4. The molecule has 0 atom stereocenters. The Balaban J connectivity index is 1.89. The summed E-state index contributed by atoms with van der Waals surface area (Å²) < 4.78 is 26.4. The van der Waals surface area contributed by atoms with E-state index in [0.29, 0.717) is 23.4 Å². The summed E-state index contributed by atoms with van der Waals surface area (Å²) in [5.41, 5.74) is 0.411. The molecule has 0 radical (unpaired) electrons. The first kappa shape index (κ1) is 12.8. The van der Waals surface area contributed by atoms with Gasteiger partial charge in [-0.15, -0.1) is 11.6 Å². The van der Waals surface area contributed by atoms with Gasteiger partial charge in [-0.3, -0.25) is 0 Å². The Bertz CT molecular complexity index is 391. The van der Waals surface area contributed by atoms with Crippen LogP contribution in [-0.4, -0.2) is 23.9 Å². The Morgan fingerprint density at radius 3 is 2.71 bits per heavy atom. The molecule has 4 heteroatoms. The molecule has 0 unspecified atom stereocenters. The maximum Gasteiger partial charge on any atom is 0.127 e. The van der Waals surface area contributed by atoms with Gasteiger partial charge in [0.1, 0.15) is 11.6 Å². The third kappa shape index (κ3) is 3.39. The number of hydrogen-bond acceptors (Lipinski definition) is 1. The summed E-state index contributed by atoms with van der Waals surface area (Å²) in [5, 5.41) is 0.305. The van der Waals surface area contributed by atoms with Crippen LogP contribution in [0, 0.1) is 17.6 Å². The van der Waals surface area contributed by atoms with E-state index in [0.717, 1.165) is 25.5 Å². The smallest absolute Gasteiger partial charge is 0.127 e. The normalized spacial score (nSPS) is 23.8. The van der Waals surface area contributed by atoms with E-state index in [1.807, 2.05) is 11.9 Å². The summed E-state index contributed by atoms with van der Waals surface area (Å²) in [4.78, 5) is 2.02. The molecule has 1 saturated carbocycles. The first-order chi connectivity index (χ1) is 8.04. The molecule has 0 aliphatic heterocycles. The molecule has 1 aromatic carbocycles. The number of benzene rings is 1. The summed E-state index contributed by atoms with van der Waals surface area (Å²) >= 11 is 5.91. The Kier molecular flexibility index (Phi) is 4.00. The third-order valence-electron chi connectivity index (χ3n) is 3.20. The molecule has 2 rings (SSSR count). The van der Waals surface area contributed by atoms with Crippen molar-refractivity contribution in [1.29, 1.82) is 0 Å². The van der Waals surface area contributed by atoms with E-state index in [1.54, 1.807) is 0 Å². The Hall–Kier alpha value is -0.670. The van der Waals surface area contributed by atoms with Gasteiger partial charge < -0.3 is 4.90 Å². The van der Waals surface area contributed by atoms with Crippen molar-refractivity contribution in [3.8, 4) is 0 Å². The highest BCUT2D eigenvalue weighted by Gasteiger charge is 2.28. The quantitative estimate of drug-likeness (QED) is 0.749. The van der Waals surface area contributed by atoms with Gasteiger partial charge in [-0.1, -0.05) is 0 Å². The van der Waals surface area contributed by atoms with Crippen molar-refractivity contribution in [3.63, 3.8) is 0 Å². The van der Waals surface area contributed by atoms with Gasteiger partial charge >= 0.3 is 0 Å². The Morgan fingerprint density at radius 2 is 2.06 bits per heavy atom. The van der Waals surface area contributed by atoms with E-state index in [2.05, 4.69) is 0 Å². The minimum Gasteiger partial charge on any atom is -0.302 e. The van der Waals surface area contributed by atoms with Gasteiger partial charge in [-0.05, 0) is 44.0 Å². The zero-order chi connectivity index (χ0) is 12.4. The van der Waals surface area contributed by atoms with Crippen LogP contribution < -0.4 is 0 Å². The zero-order valence-electron chi connectivity index (χ0n) is 9.80. The van der Waals surface area contributed by atoms with Gasteiger partial charge in [0.25, 0.3) is 0 Å². The van der Waals surface area contributed by atoms with Crippen LogP contribution in [0.15, 0.2) is 18.2 Å². The van der Waals surface area contributed by atoms with E-state index in [1.165, 1.54) is 12.1 Å². The topological polar surface area (TPSA) is 3.24 Å². The Labute approximate surface area is 105 Å². The molecule has 17 heavy (non-hydrogen) atoms. The summed E-state index contributed by atoms with van der Waals surface area (Å²) in [6.45, 7) is 1.33. The predicted molar refractivity (Wildman–Crippen MR) is 65.1 cm³/mol. The van der Waals surface area contributed by atoms with Crippen LogP contribution >= 0.6 is 11.6 Å². The highest BCUT2D eigenvalue weighted by molar-refractivity contribution is 6.21. The molecule has 1 aliphatic carbocycles. The molecular weight excluding hydrogens is 244 g/mol. The minimum absolute atomic E-state index is 0.305. The molecule has 1 aromatic rings. The van der Waals surface area contributed by atoms with Crippen LogP contribution in [0.1, 0.15) is 18.4 Å². The van der Waals surface area contributed by atoms with Crippen molar-refractivity contribution in [3.05, 3.63) is 35.4 Å². The van der Waals surface area contributed by atoms with Gasteiger partial charge in [0, 0.05) is 24.0 Å². The summed E-state index contributed by atoms with van der Waals surface area (Å²) in [7, 11) is 1.92. The molecule has 1 fully saturated rings. The number of rotatable bonds is 4. The molecule has 0 saturated heterocycles. The number of hydrogen-bond donors (Lipinski definition) is 0. The van der Waals surface area contributed by atoms with Crippen LogP contribution in [0.2, 0.25) is 0 Å². The van der Waals surface area contributed by atoms with Crippen molar-refractivity contribution < 1.29 is 8.78 Å². The van der Waals surface area contributed by atoms with Gasteiger partial charge in [0.2, 0.25) is 0 Å². The predicted octanol–water partition coefficient (Wildman–Crippen LogP) is 3.41. The third-order valence-corrected chi connectivity index (χ3v) is 3.55. The van der Waals surface area contributed by atoms with E-state index >= 15 is 0 Å². The standard InChI is InChI=1S/C13H16ClF2N/c1-17(7-9-4-11(14)5-9)8-10-6-12(15)2-3-13(10)16/h2-3,6,9,11H,4-5,7-8H2,1H3. The largest absolute Gasteiger partial charge is 0.302 e. The molecule has 0 aromatic heterocycles. The molecule has 0 amide bonds. The summed E-state index contributed by atoms with van der Waals surface area (Å²) in [5.74, 6) is -0.138. The van der Waals surface area contributed by atoms with Crippen LogP contribution in [0.5, 0.6) is 0 Å². The first-order valence-electron chi connectivity index (χ1n) is 5.81. The lowest BCUT2D eigenvalue weighted by Gasteiger charge is -2.34. The van der Waals surface area contributed by atoms with Crippen LogP contribution in [0.25, 0.3) is 0 Å². The van der Waals surface area contributed by atoms with Crippen molar-refractivity contribution in [2.45, 2.75) is 24.8 Å². The van der Waals surface area contributed by atoms with Crippen molar-refractivity contribution >= 4 is 11.6 Å². The Morgan fingerprint density at radius 1 is 1.35 bits per heavy atom. The van der Waals surface area contributed by atoms with Crippen molar-refractivity contribution in [2.24, 2.45) is 5.92 Å². The highest BCUT2D eigenvalue weighted by atomic mass is 35.5. The number of halogens is 3. The van der Waals surface area contributed by atoms with E-state index < -0.39 is 0 Å². The second-order valence-corrected chi connectivity index (χ2v) is 5.48. The molecule has 0 spiro atoms. The van der Waals surface area contributed by atoms with Gasteiger partial charge in [0.15, 0.2) is 0 Å². The van der Waals surface area contributed by atoms with Crippen LogP contribution in [-0.2, 0) is 6.54 Å². The van der Waals surface area contributed by atoms with Gasteiger partial charge in [-0.2, -0.15) is 0 Å². The lowest BCUT2D eigenvalue weighted by Crippen LogP contribution is -2.34. The summed E-state index contributed by atoms with van der Waals surface area (Å²) in [6, 6.07) is 3.58.